The molecule has 0 radical (unpaired) electrons. The van der Waals surface area contributed by atoms with E-state index in [2.05, 4.69) is 22.9 Å². The van der Waals surface area contributed by atoms with Crippen LogP contribution in [0.2, 0.25) is 0 Å². The molecule has 0 N–H and O–H groups in total. The van der Waals surface area contributed by atoms with Crippen molar-refractivity contribution >= 4 is 21.7 Å². The molecule has 2 fully saturated rings. The monoisotopic (exact) mass is 272 g/mol. The van der Waals surface area contributed by atoms with Crippen molar-refractivity contribution in [2.45, 2.75) is 51.9 Å². The first-order valence-corrected chi connectivity index (χ1v) is 7.45. The Hall–Kier alpha value is 0.150. The lowest BCUT2D eigenvalue weighted by Gasteiger charge is -2.52. The molecule has 0 saturated heterocycles. The summed E-state index contributed by atoms with van der Waals surface area (Å²) in [5, 5.41) is 1.10. The van der Waals surface area contributed by atoms with Gasteiger partial charge >= 0.3 is 0 Å². The second-order valence-corrected chi connectivity index (χ2v) is 6.06. The molecule has 1 nitrogen and oxygen atoms in total. The number of halogens is 1. The summed E-state index contributed by atoms with van der Waals surface area (Å²) in [5.41, 5.74) is 0.445. The van der Waals surface area contributed by atoms with Gasteiger partial charge in [-0.25, -0.2) is 0 Å². The minimum absolute atomic E-state index is 0.445. The molecule has 2 aliphatic carbocycles. The topological polar surface area (TPSA) is 17.1 Å². The third-order valence-electron chi connectivity index (χ3n) is 4.71. The van der Waals surface area contributed by atoms with Gasteiger partial charge in [-0.1, -0.05) is 35.7 Å². The van der Waals surface area contributed by atoms with Crippen LogP contribution in [0.1, 0.15) is 51.9 Å². The van der Waals surface area contributed by atoms with Gasteiger partial charge in [-0.05, 0) is 37.0 Å². The largest absolute Gasteiger partial charge is 0.299 e. The first-order chi connectivity index (χ1) is 7.24. The SMILES string of the molecule is CCCCC12CCC(=O)C1CC2CCBr. The Morgan fingerprint density at radius 2 is 2.33 bits per heavy atom. The summed E-state index contributed by atoms with van der Waals surface area (Å²) in [6.45, 7) is 2.25. The molecular weight excluding hydrogens is 252 g/mol. The second-order valence-electron chi connectivity index (χ2n) is 5.27. The number of alkyl halides is 1. The Morgan fingerprint density at radius 1 is 1.53 bits per heavy atom. The third-order valence-corrected chi connectivity index (χ3v) is 5.16. The van der Waals surface area contributed by atoms with E-state index in [0.29, 0.717) is 17.1 Å². The number of hydrogen-bond acceptors (Lipinski definition) is 1. The van der Waals surface area contributed by atoms with Gasteiger partial charge in [0, 0.05) is 17.7 Å². The zero-order valence-electron chi connectivity index (χ0n) is 9.60. The zero-order chi connectivity index (χ0) is 10.9. The molecule has 0 aromatic carbocycles. The predicted octanol–water partition coefficient (Wildman–Crippen LogP) is 3.95. The maximum absolute atomic E-state index is 11.7. The lowest BCUT2D eigenvalue weighted by atomic mass is 9.51. The van der Waals surface area contributed by atoms with Gasteiger partial charge in [-0.2, -0.15) is 0 Å². The van der Waals surface area contributed by atoms with Gasteiger partial charge < -0.3 is 0 Å². The van der Waals surface area contributed by atoms with Crippen LogP contribution in [0.3, 0.4) is 0 Å². The van der Waals surface area contributed by atoms with Crippen LogP contribution in [0.5, 0.6) is 0 Å². The molecule has 3 unspecified atom stereocenters. The van der Waals surface area contributed by atoms with Crippen LogP contribution in [0, 0.1) is 17.3 Å². The van der Waals surface area contributed by atoms with Crippen molar-refractivity contribution in [3.05, 3.63) is 0 Å². The number of carbonyl (C=O) groups excluding carboxylic acids is 1. The van der Waals surface area contributed by atoms with Crippen molar-refractivity contribution in [2.24, 2.45) is 17.3 Å². The van der Waals surface area contributed by atoms with Gasteiger partial charge in [-0.3, -0.25) is 4.79 Å². The van der Waals surface area contributed by atoms with E-state index in [1.165, 1.54) is 38.5 Å². The van der Waals surface area contributed by atoms with Crippen LogP contribution in [-0.2, 0) is 4.79 Å². The Labute approximate surface area is 101 Å². The molecule has 2 heteroatoms. The smallest absolute Gasteiger partial charge is 0.136 e. The van der Waals surface area contributed by atoms with Crippen molar-refractivity contribution < 1.29 is 4.79 Å². The quantitative estimate of drug-likeness (QED) is 0.693. The Morgan fingerprint density at radius 3 is 2.93 bits per heavy atom. The minimum atomic E-state index is 0.445. The van der Waals surface area contributed by atoms with E-state index in [1.807, 2.05) is 0 Å². The summed E-state index contributed by atoms with van der Waals surface area (Å²) in [6, 6.07) is 0. The highest BCUT2D eigenvalue weighted by atomic mass is 79.9. The fourth-order valence-electron chi connectivity index (χ4n) is 3.78. The normalized spacial score (nSPS) is 38.9. The average molecular weight is 273 g/mol. The van der Waals surface area contributed by atoms with Crippen molar-refractivity contribution in [1.82, 2.24) is 0 Å². The molecule has 15 heavy (non-hydrogen) atoms. The molecule has 0 heterocycles. The molecule has 0 aliphatic heterocycles. The van der Waals surface area contributed by atoms with Crippen LogP contribution in [0.25, 0.3) is 0 Å². The number of unbranched alkanes of at least 4 members (excludes halogenated alkanes) is 1. The van der Waals surface area contributed by atoms with Crippen LogP contribution in [-0.4, -0.2) is 11.1 Å². The molecule has 86 valence electrons. The predicted molar refractivity (Wildman–Crippen MR) is 66.2 cm³/mol. The molecule has 0 spiro atoms. The Balaban J connectivity index is 2.04. The summed E-state index contributed by atoms with van der Waals surface area (Å²) in [5.74, 6) is 1.85. The molecule has 2 saturated carbocycles. The Kier molecular flexibility index (Phi) is 3.54. The second kappa shape index (κ2) is 4.57. The van der Waals surface area contributed by atoms with Crippen molar-refractivity contribution in [1.29, 1.82) is 0 Å². The molecule has 2 aliphatic rings. The molecule has 0 amide bonds. The lowest BCUT2D eigenvalue weighted by Crippen LogP contribution is -2.48. The average Bonchev–Trinajstić information content (AvgIpc) is 2.46. The standard InChI is InChI=1S/C13H21BrO/c1-2-3-6-13-7-4-12(15)11(13)9-10(13)5-8-14/h10-11H,2-9H2,1H3. The number of hydrogen-bond donors (Lipinski definition) is 0. The molecule has 0 bridgehead atoms. The van der Waals surface area contributed by atoms with Crippen LogP contribution >= 0.6 is 15.9 Å². The van der Waals surface area contributed by atoms with Crippen LogP contribution in [0.15, 0.2) is 0 Å². The number of Topliss-reactive ketones (excluding diaryl/α,β-unsaturated/α-hetero) is 1. The van der Waals surface area contributed by atoms with Gasteiger partial charge in [-0.15, -0.1) is 0 Å². The Bertz CT molecular complexity index is 251. The van der Waals surface area contributed by atoms with Gasteiger partial charge in [0.2, 0.25) is 0 Å². The summed E-state index contributed by atoms with van der Waals surface area (Å²) in [7, 11) is 0. The maximum Gasteiger partial charge on any atom is 0.136 e. The van der Waals surface area contributed by atoms with E-state index >= 15 is 0 Å². The van der Waals surface area contributed by atoms with Crippen molar-refractivity contribution in [3.63, 3.8) is 0 Å². The first-order valence-electron chi connectivity index (χ1n) is 6.33. The van der Waals surface area contributed by atoms with Gasteiger partial charge in [0.05, 0.1) is 0 Å². The molecule has 0 aromatic heterocycles. The summed E-state index contributed by atoms with van der Waals surface area (Å²) in [4.78, 5) is 11.7. The zero-order valence-corrected chi connectivity index (χ0v) is 11.2. The van der Waals surface area contributed by atoms with E-state index in [9.17, 15) is 4.79 Å². The summed E-state index contributed by atoms with van der Waals surface area (Å²) >= 11 is 3.54. The van der Waals surface area contributed by atoms with E-state index in [-0.39, 0.29) is 0 Å². The molecule has 3 atom stereocenters. The number of rotatable bonds is 5. The minimum Gasteiger partial charge on any atom is -0.299 e. The number of carbonyl (C=O) groups is 1. The van der Waals surface area contributed by atoms with E-state index in [1.54, 1.807) is 0 Å². The van der Waals surface area contributed by atoms with E-state index < -0.39 is 0 Å². The van der Waals surface area contributed by atoms with E-state index in [0.717, 1.165) is 17.7 Å². The van der Waals surface area contributed by atoms with Gasteiger partial charge in [0.15, 0.2) is 0 Å². The maximum atomic E-state index is 11.7. The van der Waals surface area contributed by atoms with E-state index in [4.69, 9.17) is 0 Å². The lowest BCUT2D eigenvalue weighted by molar-refractivity contribution is -0.132. The highest BCUT2D eigenvalue weighted by Crippen LogP contribution is 2.63. The fourth-order valence-corrected chi connectivity index (χ4v) is 4.34. The number of fused-ring (bicyclic) bond motifs is 1. The summed E-state index contributed by atoms with van der Waals surface area (Å²) < 4.78 is 0. The van der Waals surface area contributed by atoms with Crippen LogP contribution < -0.4 is 0 Å². The van der Waals surface area contributed by atoms with Gasteiger partial charge in [0.1, 0.15) is 5.78 Å². The third kappa shape index (κ3) is 1.79. The first kappa shape index (κ1) is 11.6. The van der Waals surface area contributed by atoms with Crippen molar-refractivity contribution in [2.75, 3.05) is 5.33 Å². The fraction of sp³-hybridized carbons (Fsp3) is 0.923. The highest BCUT2D eigenvalue weighted by Gasteiger charge is 2.59. The van der Waals surface area contributed by atoms with Crippen molar-refractivity contribution in [3.8, 4) is 0 Å². The van der Waals surface area contributed by atoms with Crippen LogP contribution in [0.4, 0.5) is 0 Å². The van der Waals surface area contributed by atoms with Gasteiger partial charge in [0.25, 0.3) is 0 Å². The number of ketones is 1. The highest BCUT2D eigenvalue weighted by molar-refractivity contribution is 9.09. The molecular formula is C13H21BrO. The molecule has 0 aromatic rings. The summed E-state index contributed by atoms with van der Waals surface area (Å²) in [6.07, 6.45) is 8.40. The molecule has 2 rings (SSSR count).